The predicted octanol–water partition coefficient (Wildman–Crippen LogP) is 1.05. The molecule has 0 bridgehead atoms. The lowest BCUT2D eigenvalue weighted by atomic mass is 10.0. The Morgan fingerprint density at radius 3 is 2.62 bits per heavy atom. The smallest absolute Gasteiger partial charge is 0.211 e. The van der Waals surface area contributed by atoms with Gasteiger partial charge in [0.1, 0.15) is 0 Å². The van der Waals surface area contributed by atoms with Crippen LogP contribution in [0.5, 0.6) is 0 Å². The molecule has 1 fully saturated rings. The maximum Gasteiger partial charge on any atom is 0.211 e. The van der Waals surface area contributed by atoms with Crippen LogP contribution < -0.4 is 5.32 Å². The standard InChI is InChI=1S/C11H24N2O2S/c1-10(2)8-12-9-11-6-4-5-7-13(11)16(3,14)15/h10-12H,4-9H2,1-3H3. The first-order valence-corrected chi connectivity index (χ1v) is 7.93. The zero-order chi connectivity index (χ0) is 12.2. The molecule has 1 rings (SSSR count). The van der Waals surface area contributed by atoms with E-state index in [1.807, 2.05) is 0 Å². The van der Waals surface area contributed by atoms with Gasteiger partial charge in [0.05, 0.1) is 6.26 Å². The maximum atomic E-state index is 11.6. The Morgan fingerprint density at radius 1 is 1.38 bits per heavy atom. The number of nitrogens with one attached hydrogen (secondary N) is 1. The third-order valence-corrected chi connectivity index (χ3v) is 4.26. The van der Waals surface area contributed by atoms with E-state index in [4.69, 9.17) is 0 Å². The second kappa shape index (κ2) is 5.98. The molecule has 1 atom stereocenters. The molecule has 0 spiro atoms. The summed E-state index contributed by atoms with van der Waals surface area (Å²) in [5.41, 5.74) is 0. The molecule has 16 heavy (non-hydrogen) atoms. The van der Waals surface area contributed by atoms with Gasteiger partial charge in [-0.1, -0.05) is 20.3 Å². The Balaban J connectivity index is 2.48. The third kappa shape index (κ3) is 4.39. The van der Waals surface area contributed by atoms with Crippen LogP contribution in [0.15, 0.2) is 0 Å². The Bertz CT molecular complexity index is 301. The van der Waals surface area contributed by atoms with E-state index < -0.39 is 10.0 Å². The highest BCUT2D eigenvalue weighted by molar-refractivity contribution is 7.88. The van der Waals surface area contributed by atoms with E-state index in [2.05, 4.69) is 19.2 Å². The molecule has 1 unspecified atom stereocenters. The molecule has 4 nitrogen and oxygen atoms in total. The van der Waals surface area contributed by atoms with E-state index in [1.54, 1.807) is 4.31 Å². The topological polar surface area (TPSA) is 49.4 Å². The number of piperidine rings is 1. The fraction of sp³-hybridized carbons (Fsp3) is 1.00. The summed E-state index contributed by atoms with van der Waals surface area (Å²) in [6, 6.07) is 0.155. The average molecular weight is 248 g/mol. The van der Waals surface area contributed by atoms with Gasteiger partial charge in [-0.25, -0.2) is 8.42 Å². The fourth-order valence-electron chi connectivity index (χ4n) is 2.15. The van der Waals surface area contributed by atoms with Crippen LogP contribution in [0.4, 0.5) is 0 Å². The molecule has 96 valence electrons. The summed E-state index contributed by atoms with van der Waals surface area (Å²) >= 11 is 0. The minimum absolute atomic E-state index is 0.155. The lowest BCUT2D eigenvalue weighted by Crippen LogP contribution is -2.48. The van der Waals surface area contributed by atoms with Gasteiger partial charge in [0, 0.05) is 19.1 Å². The molecular weight excluding hydrogens is 224 g/mol. The first-order valence-electron chi connectivity index (χ1n) is 6.09. The van der Waals surface area contributed by atoms with Crippen molar-refractivity contribution in [2.24, 2.45) is 5.92 Å². The van der Waals surface area contributed by atoms with E-state index in [9.17, 15) is 8.42 Å². The number of nitrogens with zero attached hydrogens (tertiary/aromatic N) is 1. The van der Waals surface area contributed by atoms with Gasteiger partial charge in [-0.15, -0.1) is 0 Å². The van der Waals surface area contributed by atoms with E-state index in [-0.39, 0.29) is 6.04 Å². The van der Waals surface area contributed by atoms with Crippen LogP contribution in [0.3, 0.4) is 0 Å². The van der Waals surface area contributed by atoms with Crippen LogP contribution in [-0.2, 0) is 10.0 Å². The molecule has 1 heterocycles. The fourth-order valence-corrected chi connectivity index (χ4v) is 3.34. The van der Waals surface area contributed by atoms with Crippen molar-refractivity contribution in [2.75, 3.05) is 25.9 Å². The molecule has 0 amide bonds. The van der Waals surface area contributed by atoms with Crippen LogP contribution in [0.2, 0.25) is 0 Å². The van der Waals surface area contributed by atoms with Crippen molar-refractivity contribution in [2.45, 2.75) is 39.2 Å². The molecule has 1 saturated heterocycles. The highest BCUT2D eigenvalue weighted by Crippen LogP contribution is 2.19. The highest BCUT2D eigenvalue weighted by atomic mass is 32.2. The van der Waals surface area contributed by atoms with Crippen molar-refractivity contribution in [1.82, 2.24) is 9.62 Å². The lowest BCUT2D eigenvalue weighted by Gasteiger charge is -2.34. The summed E-state index contributed by atoms with van der Waals surface area (Å²) in [6.45, 7) is 6.73. The molecule has 0 saturated carbocycles. The van der Waals surface area contributed by atoms with Gasteiger partial charge in [0.2, 0.25) is 10.0 Å². The van der Waals surface area contributed by atoms with Crippen molar-refractivity contribution in [3.63, 3.8) is 0 Å². The number of hydrogen-bond donors (Lipinski definition) is 1. The second-order valence-corrected chi connectivity index (χ2v) is 7.01. The molecule has 0 aromatic rings. The van der Waals surface area contributed by atoms with E-state index in [1.165, 1.54) is 6.26 Å². The largest absolute Gasteiger partial charge is 0.315 e. The highest BCUT2D eigenvalue weighted by Gasteiger charge is 2.28. The Kier molecular flexibility index (Phi) is 5.21. The van der Waals surface area contributed by atoms with Crippen molar-refractivity contribution in [3.8, 4) is 0 Å². The molecule has 1 N–H and O–H groups in total. The van der Waals surface area contributed by atoms with Gasteiger partial charge >= 0.3 is 0 Å². The minimum Gasteiger partial charge on any atom is -0.315 e. The summed E-state index contributed by atoms with van der Waals surface area (Å²) < 4.78 is 24.8. The summed E-state index contributed by atoms with van der Waals surface area (Å²) in [4.78, 5) is 0. The van der Waals surface area contributed by atoms with Crippen molar-refractivity contribution in [1.29, 1.82) is 0 Å². The summed E-state index contributed by atoms with van der Waals surface area (Å²) in [5.74, 6) is 0.607. The van der Waals surface area contributed by atoms with Gasteiger partial charge in [-0.2, -0.15) is 4.31 Å². The number of rotatable bonds is 5. The van der Waals surface area contributed by atoms with Crippen LogP contribution in [0, 0.1) is 5.92 Å². The molecule has 0 aliphatic carbocycles. The second-order valence-electron chi connectivity index (χ2n) is 5.08. The van der Waals surface area contributed by atoms with Crippen LogP contribution >= 0.6 is 0 Å². The van der Waals surface area contributed by atoms with Crippen molar-refractivity contribution >= 4 is 10.0 Å². The summed E-state index contributed by atoms with van der Waals surface area (Å²) in [5, 5.41) is 3.35. The Hall–Kier alpha value is -0.130. The molecule has 0 aromatic heterocycles. The SMILES string of the molecule is CC(C)CNCC1CCCCN1S(C)(=O)=O. The Morgan fingerprint density at radius 2 is 2.06 bits per heavy atom. The predicted molar refractivity (Wildman–Crippen MR) is 66.9 cm³/mol. The normalized spacial score (nSPS) is 23.9. The number of hydrogen-bond acceptors (Lipinski definition) is 3. The molecule has 0 aromatic carbocycles. The van der Waals surface area contributed by atoms with Gasteiger partial charge < -0.3 is 5.32 Å². The molecule has 1 aliphatic rings. The van der Waals surface area contributed by atoms with Gasteiger partial charge in [-0.05, 0) is 25.3 Å². The van der Waals surface area contributed by atoms with Crippen LogP contribution in [0.25, 0.3) is 0 Å². The monoisotopic (exact) mass is 248 g/mol. The first kappa shape index (κ1) is 13.9. The average Bonchev–Trinajstić information content (AvgIpc) is 2.16. The van der Waals surface area contributed by atoms with Crippen molar-refractivity contribution < 1.29 is 8.42 Å². The van der Waals surface area contributed by atoms with E-state index in [0.717, 1.165) is 32.4 Å². The maximum absolute atomic E-state index is 11.6. The molecular formula is C11H24N2O2S. The van der Waals surface area contributed by atoms with Gasteiger partial charge in [0.15, 0.2) is 0 Å². The Labute approximate surface area is 99.5 Å². The summed E-state index contributed by atoms with van der Waals surface area (Å²) in [6.07, 6.45) is 4.43. The van der Waals surface area contributed by atoms with Crippen LogP contribution in [0.1, 0.15) is 33.1 Å². The van der Waals surface area contributed by atoms with E-state index in [0.29, 0.717) is 12.5 Å². The first-order chi connectivity index (χ1) is 7.41. The van der Waals surface area contributed by atoms with E-state index >= 15 is 0 Å². The quantitative estimate of drug-likeness (QED) is 0.791. The van der Waals surface area contributed by atoms with Crippen LogP contribution in [-0.4, -0.2) is 44.7 Å². The lowest BCUT2D eigenvalue weighted by molar-refractivity contribution is 0.245. The van der Waals surface area contributed by atoms with Crippen molar-refractivity contribution in [3.05, 3.63) is 0 Å². The molecule has 5 heteroatoms. The number of sulfonamides is 1. The summed E-state index contributed by atoms with van der Waals surface area (Å²) in [7, 11) is -3.03. The van der Waals surface area contributed by atoms with Gasteiger partial charge in [0.25, 0.3) is 0 Å². The zero-order valence-electron chi connectivity index (χ0n) is 10.6. The zero-order valence-corrected chi connectivity index (χ0v) is 11.4. The van der Waals surface area contributed by atoms with Gasteiger partial charge in [-0.3, -0.25) is 0 Å². The third-order valence-electron chi connectivity index (χ3n) is 2.93. The molecule has 0 radical (unpaired) electrons. The minimum atomic E-state index is -3.03. The molecule has 1 aliphatic heterocycles.